The molecule has 0 saturated heterocycles. The standard InChI is InChI=1S/C23H23N5O4S/c1-27(2)17(22(29)30)12-28-11-15(8-26-28)13-4-6-14(7-5-13)16-9-25-10-18-19(16)20(24)21(33-18)23(31)32-3/h4-11,17H,12,24H2,1-3H3,(H,29,30). The maximum Gasteiger partial charge on any atom is 0.350 e. The Morgan fingerprint density at radius 3 is 2.48 bits per heavy atom. The molecule has 4 aromatic rings. The van der Waals surface area contributed by atoms with Crippen LogP contribution in [-0.2, 0) is 16.1 Å². The molecule has 4 rings (SSSR count). The first-order chi connectivity index (χ1) is 15.8. The summed E-state index contributed by atoms with van der Waals surface area (Å²) in [5.74, 6) is -1.36. The summed E-state index contributed by atoms with van der Waals surface area (Å²) in [5.41, 5.74) is 10.2. The van der Waals surface area contributed by atoms with Crippen LogP contribution in [-0.4, -0.2) is 64.0 Å². The Morgan fingerprint density at radius 2 is 1.85 bits per heavy atom. The second-order valence-corrected chi connectivity index (χ2v) is 8.79. The minimum Gasteiger partial charge on any atom is -0.480 e. The van der Waals surface area contributed by atoms with Crippen molar-refractivity contribution in [3.8, 4) is 22.3 Å². The lowest BCUT2D eigenvalue weighted by atomic mass is 10.0. The Kier molecular flexibility index (Phi) is 6.12. The number of hydrogen-bond donors (Lipinski definition) is 2. The number of aliphatic carboxylic acids is 1. The lowest BCUT2D eigenvalue weighted by Crippen LogP contribution is -2.39. The number of methoxy groups -OCH3 is 1. The molecule has 0 bridgehead atoms. The van der Waals surface area contributed by atoms with Crippen molar-refractivity contribution in [1.29, 1.82) is 0 Å². The summed E-state index contributed by atoms with van der Waals surface area (Å²) in [6.07, 6.45) is 6.96. The number of fused-ring (bicyclic) bond motifs is 1. The number of benzene rings is 1. The zero-order valence-corrected chi connectivity index (χ0v) is 19.2. The highest BCUT2D eigenvalue weighted by molar-refractivity contribution is 7.21. The number of carbonyl (C=O) groups is 2. The third kappa shape index (κ3) is 4.30. The van der Waals surface area contributed by atoms with Gasteiger partial charge in [-0.2, -0.15) is 5.10 Å². The molecule has 3 heterocycles. The molecule has 0 fully saturated rings. The van der Waals surface area contributed by atoms with Crippen LogP contribution < -0.4 is 5.73 Å². The molecule has 1 unspecified atom stereocenters. The molecule has 0 aliphatic carbocycles. The van der Waals surface area contributed by atoms with Gasteiger partial charge >= 0.3 is 11.9 Å². The molecule has 0 amide bonds. The molecule has 10 heteroatoms. The maximum atomic E-state index is 12.0. The number of rotatable bonds is 7. The van der Waals surface area contributed by atoms with Crippen LogP contribution in [0, 0.1) is 0 Å². The lowest BCUT2D eigenvalue weighted by molar-refractivity contribution is -0.142. The van der Waals surface area contributed by atoms with Crippen LogP contribution in [0.4, 0.5) is 5.69 Å². The second kappa shape index (κ2) is 9.00. The number of likely N-dealkylation sites (N-methyl/N-ethyl adjacent to an activating group) is 1. The summed E-state index contributed by atoms with van der Waals surface area (Å²) in [7, 11) is 4.78. The third-order valence-electron chi connectivity index (χ3n) is 5.44. The number of nitrogen functional groups attached to an aromatic ring is 1. The summed E-state index contributed by atoms with van der Waals surface area (Å²) in [6, 6.07) is 7.16. The minimum atomic E-state index is -0.896. The lowest BCUT2D eigenvalue weighted by Gasteiger charge is -2.19. The molecule has 9 nitrogen and oxygen atoms in total. The zero-order valence-electron chi connectivity index (χ0n) is 18.3. The van der Waals surface area contributed by atoms with E-state index in [1.54, 1.807) is 42.3 Å². The molecule has 0 spiro atoms. The van der Waals surface area contributed by atoms with Gasteiger partial charge in [-0.05, 0) is 25.2 Å². The van der Waals surface area contributed by atoms with Crippen LogP contribution in [0.25, 0.3) is 32.3 Å². The van der Waals surface area contributed by atoms with Gasteiger partial charge in [-0.15, -0.1) is 11.3 Å². The number of nitrogens with zero attached hydrogens (tertiary/aromatic N) is 4. The highest BCUT2D eigenvalue weighted by atomic mass is 32.1. The SMILES string of the molecule is COC(=O)c1sc2cncc(-c3ccc(-c4cnn(CC(C(=O)O)N(C)C)c4)cc3)c2c1N. The highest BCUT2D eigenvalue weighted by Gasteiger charge is 2.21. The van der Waals surface area contributed by atoms with E-state index in [1.165, 1.54) is 18.4 Å². The second-order valence-electron chi connectivity index (χ2n) is 7.74. The Morgan fingerprint density at radius 1 is 1.15 bits per heavy atom. The quantitative estimate of drug-likeness (QED) is 0.399. The Hall–Kier alpha value is -3.76. The van der Waals surface area contributed by atoms with Gasteiger partial charge in [0.1, 0.15) is 10.9 Å². The number of carbonyl (C=O) groups excluding carboxylic acids is 1. The fourth-order valence-electron chi connectivity index (χ4n) is 3.63. The molecule has 1 atom stereocenters. The molecule has 0 saturated carbocycles. The Labute approximate surface area is 194 Å². The number of pyridine rings is 1. The molecule has 3 aromatic heterocycles. The average molecular weight is 466 g/mol. The van der Waals surface area contributed by atoms with Crippen molar-refractivity contribution in [1.82, 2.24) is 19.7 Å². The molecule has 0 aliphatic rings. The van der Waals surface area contributed by atoms with Crippen LogP contribution in [0.5, 0.6) is 0 Å². The van der Waals surface area contributed by atoms with Gasteiger partial charge in [-0.1, -0.05) is 24.3 Å². The van der Waals surface area contributed by atoms with E-state index >= 15 is 0 Å². The van der Waals surface area contributed by atoms with E-state index in [9.17, 15) is 14.7 Å². The van der Waals surface area contributed by atoms with Gasteiger partial charge in [0, 0.05) is 35.1 Å². The van der Waals surface area contributed by atoms with Gasteiger partial charge in [0.15, 0.2) is 0 Å². The number of carboxylic acids is 1. The summed E-state index contributed by atoms with van der Waals surface area (Å²) in [4.78, 5) is 29.8. The van der Waals surface area contributed by atoms with E-state index in [1.807, 2.05) is 30.5 Å². The van der Waals surface area contributed by atoms with E-state index in [0.29, 0.717) is 10.6 Å². The first-order valence-corrected chi connectivity index (χ1v) is 10.9. The van der Waals surface area contributed by atoms with Crippen molar-refractivity contribution in [2.45, 2.75) is 12.6 Å². The first kappa shape index (κ1) is 22.4. The zero-order chi connectivity index (χ0) is 23.7. The number of anilines is 1. The van der Waals surface area contributed by atoms with Crippen molar-refractivity contribution in [2.75, 3.05) is 26.9 Å². The van der Waals surface area contributed by atoms with Gasteiger partial charge in [-0.25, -0.2) is 4.79 Å². The van der Waals surface area contributed by atoms with Gasteiger partial charge < -0.3 is 15.6 Å². The van der Waals surface area contributed by atoms with Crippen LogP contribution in [0.15, 0.2) is 49.1 Å². The summed E-state index contributed by atoms with van der Waals surface area (Å²) in [6.45, 7) is 0.244. The predicted molar refractivity (Wildman–Crippen MR) is 127 cm³/mol. The molecule has 0 aliphatic heterocycles. The number of hydrogen-bond acceptors (Lipinski definition) is 8. The van der Waals surface area contributed by atoms with Crippen LogP contribution in [0.2, 0.25) is 0 Å². The monoisotopic (exact) mass is 465 g/mol. The number of esters is 1. The largest absolute Gasteiger partial charge is 0.480 e. The number of nitrogens with two attached hydrogens (primary N) is 1. The van der Waals surface area contributed by atoms with Gasteiger partial charge in [-0.3, -0.25) is 19.4 Å². The van der Waals surface area contributed by atoms with Crippen molar-refractivity contribution in [3.05, 3.63) is 53.9 Å². The first-order valence-electron chi connectivity index (χ1n) is 10.1. The predicted octanol–water partition coefficient (Wildman–Crippen LogP) is 3.21. The number of ether oxygens (including phenoxy) is 1. The summed E-state index contributed by atoms with van der Waals surface area (Å²) in [5, 5.41) is 14.5. The van der Waals surface area contributed by atoms with E-state index in [0.717, 1.165) is 32.3 Å². The molecule has 170 valence electrons. The van der Waals surface area contributed by atoms with Gasteiger partial charge in [0.25, 0.3) is 0 Å². The molecule has 33 heavy (non-hydrogen) atoms. The fourth-order valence-corrected chi connectivity index (χ4v) is 4.67. The minimum absolute atomic E-state index is 0.244. The van der Waals surface area contributed by atoms with Crippen LogP contribution >= 0.6 is 11.3 Å². The summed E-state index contributed by atoms with van der Waals surface area (Å²) < 4.78 is 7.28. The number of aromatic nitrogens is 3. The molecular formula is C23H23N5O4S. The third-order valence-corrected chi connectivity index (χ3v) is 6.56. The van der Waals surface area contributed by atoms with E-state index in [-0.39, 0.29) is 6.54 Å². The normalized spacial score (nSPS) is 12.2. The topological polar surface area (TPSA) is 124 Å². The number of thiophene rings is 1. The fraction of sp³-hybridized carbons (Fsp3) is 0.217. The number of carboxylic acid groups (broad SMARTS) is 1. The van der Waals surface area contributed by atoms with Gasteiger partial charge in [0.2, 0.25) is 0 Å². The van der Waals surface area contributed by atoms with Gasteiger partial charge in [0.05, 0.1) is 30.2 Å². The molecule has 0 radical (unpaired) electrons. The Bertz CT molecular complexity index is 1330. The molecule has 1 aromatic carbocycles. The van der Waals surface area contributed by atoms with Crippen molar-refractivity contribution in [2.24, 2.45) is 0 Å². The van der Waals surface area contributed by atoms with Crippen molar-refractivity contribution in [3.63, 3.8) is 0 Å². The van der Waals surface area contributed by atoms with Crippen LogP contribution in [0.3, 0.4) is 0 Å². The molecular weight excluding hydrogens is 442 g/mol. The Balaban J connectivity index is 1.63. The maximum absolute atomic E-state index is 12.0. The highest BCUT2D eigenvalue weighted by Crippen LogP contribution is 2.40. The van der Waals surface area contributed by atoms with Crippen molar-refractivity contribution >= 4 is 39.0 Å². The van der Waals surface area contributed by atoms with Crippen molar-refractivity contribution < 1.29 is 19.4 Å². The van der Waals surface area contributed by atoms with Crippen LogP contribution in [0.1, 0.15) is 9.67 Å². The van der Waals surface area contributed by atoms with E-state index in [2.05, 4.69) is 10.1 Å². The van der Waals surface area contributed by atoms with E-state index < -0.39 is 18.0 Å². The molecule has 3 N–H and O–H groups in total. The van der Waals surface area contributed by atoms with E-state index in [4.69, 9.17) is 10.5 Å². The smallest absolute Gasteiger partial charge is 0.350 e. The average Bonchev–Trinajstić information content (AvgIpc) is 3.41. The summed E-state index contributed by atoms with van der Waals surface area (Å²) >= 11 is 1.26.